The molecule has 1 unspecified atom stereocenters. The van der Waals surface area contributed by atoms with Gasteiger partial charge in [-0.2, -0.15) is 0 Å². The van der Waals surface area contributed by atoms with Crippen LogP contribution in [0, 0.1) is 5.92 Å². The molecule has 1 fully saturated rings. The van der Waals surface area contributed by atoms with E-state index in [1.165, 1.54) is 6.42 Å². The number of thiocarbonyl (C=S) groups is 1. The average molecular weight is 265 g/mol. The summed E-state index contributed by atoms with van der Waals surface area (Å²) in [4.78, 5) is 6.91. The van der Waals surface area contributed by atoms with E-state index in [1.807, 2.05) is 19.2 Å². The highest BCUT2D eigenvalue weighted by molar-refractivity contribution is 7.80. The Labute approximate surface area is 113 Å². The Morgan fingerprint density at radius 3 is 3.17 bits per heavy atom. The Bertz CT molecular complexity index is 418. The van der Waals surface area contributed by atoms with Gasteiger partial charge in [-0.1, -0.05) is 12.2 Å². The van der Waals surface area contributed by atoms with E-state index in [1.54, 1.807) is 6.20 Å². The second kappa shape index (κ2) is 6.11. The van der Waals surface area contributed by atoms with Gasteiger partial charge < -0.3 is 15.4 Å². The van der Waals surface area contributed by atoms with Crippen LogP contribution in [0.25, 0.3) is 0 Å². The van der Waals surface area contributed by atoms with Crippen molar-refractivity contribution < 1.29 is 4.74 Å². The maximum atomic E-state index is 5.63. The number of anilines is 1. The van der Waals surface area contributed by atoms with Gasteiger partial charge >= 0.3 is 0 Å². The summed E-state index contributed by atoms with van der Waals surface area (Å²) >= 11 is 4.98. The fraction of sp³-hybridized carbons (Fsp3) is 0.538. The quantitative estimate of drug-likeness (QED) is 0.838. The molecule has 0 aliphatic carbocycles. The van der Waals surface area contributed by atoms with Crippen LogP contribution in [-0.4, -0.2) is 36.8 Å². The predicted octanol–water partition coefficient (Wildman–Crippen LogP) is 1.58. The normalized spacial score (nSPS) is 19.5. The number of pyridine rings is 1. The van der Waals surface area contributed by atoms with Crippen LogP contribution in [0.4, 0.5) is 5.82 Å². The fourth-order valence-corrected chi connectivity index (χ4v) is 2.34. The summed E-state index contributed by atoms with van der Waals surface area (Å²) in [5.41, 5.74) is 6.49. The van der Waals surface area contributed by atoms with Crippen molar-refractivity contribution in [1.82, 2.24) is 4.98 Å². The number of ether oxygens (including phenoxy) is 1. The molecule has 18 heavy (non-hydrogen) atoms. The van der Waals surface area contributed by atoms with Gasteiger partial charge in [-0.25, -0.2) is 4.98 Å². The Hall–Kier alpha value is -1.20. The van der Waals surface area contributed by atoms with Crippen LogP contribution in [-0.2, 0) is 4.74 Å². The summed E-state index contributed by atoms with van der Waals surface area (Å²) < 4.78 is 5.49. The minimum atomic E-state index is 0.410. The van der Waals surface area contributed by atoms with Crippen LogP contribution in [0.3, 0.4) is 0 Å². The summed E-state index contributed by atoms with van der Waals surface area (Å²) in [7, 11) is 2.04. The molecule has 2 N–H and O–H groups in total. The van der Waals surface area contributed by atoms with Crippen LogP contribution in [0.15, 0.2) is 18.3 Å². The molecule has 0 radical (unpaired) electrons. The second-order valence-corrected chi connectivity index (χ2v) is 5.17. The van der Waals surface area contributed by atoms with Gasteiger partial charge in [0.25, 0.3) is 0 Å². The van der Waals surface area contributed by atoms with Gasteiger partial charge in [0.05, 0.1) is 6.61 Å². The lowest BCUT2D eigenvalue weighted by atomic mass is 10.0. The minimum Gasteiger partial charge on any atom is -0.389 e. The van der Waals surface area contributed by atoms with Gasteiger partial charge in [-0.3, -0.25) is 0 Å². The monoisotopic (exact) mass is 265 g/mol. The SMILES string of the molecule is CN(CC1CCCOC1)c1cc(C(N)=S)ccn1. The lowest BCUT2D eigenvalue weighted by molar-refractivity contribution is 0.0576. The third-order valence-corrected chi connectivity index (χ3v) is 3.44. The van der Waals surface area contributed by atoms with E-state index in [-0.39, 0.29) is 0 Å². The summed E-state index contributed by atoms with van der Waals surface area (Å²) in [6, 6.07) is 3.77. The minimum absolute atomic E-state index is 0.410. The highest BCUT2D eigenvalue weighted by atomic mass is 32.1. The standard InChI is InChI=1S/C13H19N3OS/c1-16(8-10-3-2-6-17-9-10)12-7-11(13(14)18)4-5-15-12/h4-5,7,10H,2-3,6,8-9H2,1H3,(H2,14,18). The van der Waals surface area contributed by atoms with E-state index in [9.17, 15) is 0 Å². The molecule has 0 saturated carbocycles. The van der Waals surface area contributed by atoms with Crippen LogP contribution in [0.1, 0.15) is 18.4 Å². The average Bonchev–Trinajstić information content (AvgIpc) is 2.40. The highest BCUT2D eigenvalue weighted by Gasteiger charge is 2.16. The molecular weight excluding hydrogens is 246 g/mol. The molecule has 1 aliphatic heterocycles. The Kier molecular flexibility index (Phi) is 4.49. The van der Waals surface area contributed by atoms with Crippen molar-refractivity contribution in [2.75, 3.05) is 31.7 Å². The first-order valence-electron chi connectivity index (χ1n) is 6.21. The molecule has 2 rings (SSSR count). The number of nitrogens with two attached hydrogens (primary N) is 1. The molecule has 98 valence electrons. The smallest absolute Gasteiger partial charge is 0.128 e. The third kappa shape index (κ3) is 3.40. The van der Waals surface area contributed by atoms with E-state index < -0.39 is 0 Å². The largest absolute Gasteiger partial charge is 0.389 e. The van der Waals surface area contributed by atoms with Gasteiger partial charge in [0.15, 0.2) is 0 Å². The molecule has 4 nitrogen and oxygen atoms in total. The van der Waals surface area contributed by atoms with Crippen molar-refractivity contribution in [1.29, 1.82) is 0 Å². The molecule has 1 saturated heterocycles. The lowest BCUT2D eigenvalue weighted by Crippen LogP contribution is -2.31. The molecule has 0 spiro atoms. The van der Waals surface area contributed by atoms with Crippen molar-refractivity contribution in [3.05, 3.63) is 23.9 Å². The van der Waals surface area contributed by atoms with E-state index in [4.69, 9.17) is 22.7 Å². The van der Waals surface area contributed by atoms with Crippen LogP contribution >= 0.6 is 12.2 Å². The van der Waals surface area contributed by atoms with Gasteiger partial charge in [0, 0.05) is 32.0 Å². The molecule has 0 aromatic carbocycles. The number of hydrogen-bond donors (Lipinski definition) is 1. The Morgan fingerprint density at radius 1 is 1.67 bits per heavy atom. The Morgan fingerprint density at radius 2 is 2.50 bits per heavy atom. The van der Waals surface area contributed by atoms with Crippen molar-refractivity contribution >= 4 is 23.0 Å². The van der Waals surface area contributed by atoms with E-state index in [2.05, 4.69) is 9.88 Å². The van der Waals surface area contributed by atoms with Gasteiger partial charge in [0.2, 0.25) is 0 Å². The zero-order valence-electron chi connectivity index (χ0n) is 10.6. The number of rotatable bonds is 4. The van der Waals surface area contributed by atoms with Crippen LogP contribution in [0.5, 0.6) is 0 Å². The van der Waals surface area contributed by atoms with E-state index in [0.29, 0.717) is 10.9 Å². The molecule has 1 aromatic heterocycles. The second-order valence-electron chi connectivity index (χ2n) is 4.73. The van der Waals surface area contributed by atoms with Crippen LogP contribution < -0.4 is 10.6 Å². The molecule has 5 heteroatoms. The first kappa shape index (κ1) is 13.2. The lowest BCUT2D eigenvalue weighted by Gasteiger charge is -2.27. The summed E-state index contributed by atoms with van der Waals surface area (Å²) in [5, 5.41) is 0. The first-order chi connectivity index (χ1) is 8.66. The summed E-state index contributed by atoms with van der Waals surface area (Å²) in [6.07, 6.45) is 4.12. The van der Waals surface area contributed by atoms with Crippen molar-refractivity contribution in [2.45, 2.75) is 12.8 Å². The number of aromatic nitrogens is 1. The van der Waals surface area contributed by atoms with Crippen LogP contribution in [0.2, 0.25) is 0 Å². The summed E-state index contributed by atoms with van der Waals surface area (Å²) in [5.74, 6) is 1.49. The predicted molar refractivity (Wildman–Crippen MR) is 76.9 cm³/mol. The van der Waals surface area contributed by atoms with Crippen molar-refractivity contribution in [3.63, 3.8) is 0 Å². The molecule has 1 aliphatic rings. The molecule has 0 amide bonds. The molecule has 1 aromatic rings. The molecule has 1 atom stereocenters. The topological polar surface area (TPSA) is 51.4 Å². The third-order valence-electron chi connectivity index (χ3n) is 3.21. The summed E-state index contributed by atoms with van der Waals surface area (Å²) in [6.45, 7) is 2.70. The maximum Gasteiger partial charge on any atom is 0.128 e. The van der Waals surface area contributed by atoms with Gasteiger partial charge in [-0.05, 0) is 30.9 Å². The number of hydrogen-bond acceptors (Lipinski definition) is 4. The van der Waals surface area contributed by atoms with E-state index >= 15 is 0 Å². The number of nitrogens with zero attached hydrogens (tertiary/aromatic N) is 2. The zero-order valence-corrected chi connectivity index (χ0v) is 11.4. The highest BCUT2D eigenvalue weighted by Crippen LogP contribution is 2.18. The molecular formula is C13H19N3OS. The fourth-order valence-electron chi connectivity index (χ4n) is 2.21. The van der Waals surface area contributed by atoms with Gasteiger partial charge in [0.1, 0.15) is 10.8 Å². The van der Waals surface area contributed by atoms with E-state index in [0.717, 1.165) is 37.6 Å². The van der Waals surface area contributed by atoms with Crippen molar-refractivity contribution in [2.24, 2.45) is 11.7 Å². The Balaban J connectivity index is 2.01. The maximum absolute atomic E-state index is 5.63. The van der Waals surface area contributed by atoms with Crippen molar-refractivity contribution in [3.8, 4) is 0 Å². The zero-order chi connectivity index (χ0) is 13.0. The molecule has 2 heterocycles. The molecule has 0 bridgehead atoms. The van der Waals surface area contributed by atoms with Gasteiger partial charge in [-0.15, -0.1) is 0 Å². The first-order valence-corrected chi connectivity index (χ1v) is 6.62.